The van der Waals surface area contributed by atoms with Gasteiger partial charge in [0.1, 0.15) is 11.4 Å². The number of benzene rings is 2. The molecule has 2 aromatic rings. The van der Waals surface area contributed by atoms with Crippen LogP contribution >= 0.6 is 0 Å². The van der Waals surface area contributed by atoms with Gasteiger partial charge in [0, 0.05) is 26.1 Å². The van der Waals surface area contributed by atoms with Gasteiger partial charge in [-0.1, -0.05) is 36.4 Å². The number of amides is 2. The Morgan fingerprint density at radius 3 is 2.24 bits per heavy atom. The molecule has 1 fully saturated rings. The molecule has 0 radical (unpaired) electrons. The Bertz CT molecular complexity index is 946. The highest BCUT2D eigenvalue weighted by atomic mass is 19.1. The molecule has 1 aliphatic rings. The molecule has 1 heterocycles. The van der Waals surface area contributed by atoms with Gasteiger partial charge in [-0.05, 0) is 74.8 Å². The zero-order chi connectivity index (χ0) is 24.7. The molecule has 184 valence electrons. The molecule has 1 saturated heterocycles. The Kier molecular flexibility index (Phi) is 8.67. The SMILES string of the molecule is CC(C)(C)OC(=O)NCc1ccc(CCC(=O)N2CCC(C(O)c3ccc(F)cc3)CC2)cc1. The van der Waals surface area contributed by atoms with E-state index in [1.807, 2.05) is 49.9 Å². The van der Waals surface area contributed by atoms with E-state index in [4.69, 9.17) is 4.74 Å². The minimum Gasteiger partial charge on any atom is -0.444 e. The predicted octanol–water partition coefficient (Wildman–Crippen LogP) is 4.76. The smallest absolute Gasteiger partial charge is 0.407 e. The third-order valence-electron chi connectivity index (χ3n) is 6.04. The summed E-state index contributed by atoms with van der Waals surface area (Å²) in [4.78, 5) is 26.3. The fourth-order valence-corrected chi connectivity index (χ4v) is 4.12. The summed E-state index contributed by atoms with van der Waals surface area (Å²) in [6.07, 6.45) is 1.45. The van der Waals surface area contributed by atoms with Gasteiger partial charge in [-0.2, -0.15) is 0 Å². The molecular weight excluding hydrogens is 435 g/mol. The number of halogens is 1. The first kappa shape index (κ1) is 25.7. The summed E-state index contributed by atoms with van der Waals surface area (Å²) >= 11 is 0. The van der Waals surface area contributed by atoms with Crippen molar-refractivity contribution in [3.8, 4) is 0 Å². The van der Waals surface area contributed by atoms with Crippen molar-refractivity contribution in [3.63, 3.8) is 0 Å². The second kappa shape index (κ2) is 11.5. The predicted molar refractivity (Wildman–Crippen MR) is 129 cm³/mol. The van der Waals surface area contributed by atoms with E-state index in [2.05, 4.69) is 5.32 Å². The molecule has 0 saturated carbocycles. The Hall–Kier alpha value is -2.93. The van der Waals surface area contributed by atoms with Crippen LogP contribution in [-0.4, -0.2) is 40.7 Å². The van der Waals surface area contributed by atoms with Gasteiger partial charge in [0.2, 0.25) is 5.91 Å². The van der Waals surface area contributed by atoms with E-state index in [1.54, 1.807) is 12.1 Å². The van der Waals surface area contributed by atoms with Crippen LogP contribution < -0.4 is 5.32 Å². The van der Waals surface area contributed by atoms with Crippen LogP contribution in [0.4, 0.5) is 9.18 Å². The lowest BCUT2D eigenvalue weighted by Crippen LogP contribution is -2.39. The van der Waals surface area contributed by atoms with Gasteiger partial charge in [0.25, 0.3) is 0 Å². The van der Waals surface area contributed by atoms with Gasteiger partial charge in [-0.25, -0.2) is 9.18 Å². The van der Waals surface area contributed by atoms with Gasteiger partial charge >= 0.3 is 6.09 Å². The fourth-order valence-electron chi connectivity index (χ4n) is 4.12. The molecule has 34 heavy (non-hydrogen) atoms. The number of hydrogen-bond donors (Lipinski definition) is 2. The van der Waals surface area contributed by atoms with Crippen LogP contribution in [-0.2, 0) is 22.5 Å². The number of likely N-dealkylation sites (tertiary alicyclic amines) is 1. The molecule has 1 aliphatic heterocycles. The van der Waals surface area contributed by atoms with Gasteiger partial charge in [0.05, 0.1) is 6.10 Å². The van der Waals surface area contributed by atoms with E-state index in [9.17, 15) is 19.1 Å². The van der Waals surface area contributed by atoms with E-state index >= 15 is 0 Å². The number of nitrogens with one attached hydrogen (secondary N) is 1. The summed E-state index contributed by atoms with van der Waals surface area (Å²) in [5.41, 5.74) is 2.22. The number of hydrogen-bond acceptors (Lipinski definition) is 4. The number of carbonyl (C=O) groups is 2. The van der Waals surface area contributed by atoms with E-state index in [0.717, 1.165) is 29.5 Å². The van der Waals surface area contributed by atoms with Gasteiger partial charge < -0.3 is 20.1 Å². The summed E-state index contributed by atoms with van der Waals surface area (Å²) in [5, 5.41) is 13.3. The number of ether oxygens (including phenoxy) is 1. The number of aryl methyl sites for hydroxylation is 1. The zero-order valence-electron chi connectivity index (χ0n) is 20.2. The van der Waals surface area contributed by atoms with Crippen LogP contribution in [0.3, 0.4) is 0 Å². The number of alkyl carbamates (subject to hydrolysis) is 1. The molecule has 3 rings (SSSR count). The molecule has 2 aromatic carbocycles. The minimum atomic E-state index is -0.638. The van der Waals surface area contributed by atoms with Crippen molar-refractivity contribution >= 4 is 12.0 Å². The molecular formula is C27H35FN2O4. The van der Waals surface area contributed by atoms with Crippen molar-refractivity contribution in [2.45, 2.75) is 64.7 Å². The number of carbonyl (C=O) groups excluding carboxylic acids is 2. The number of rotatable bonds is 7. The fraction of sp³-hybridized carbons (Fsp3) is 0.481. The molecule has 0 aromatic heterocycles. The maximum Gasteiger partial charge on any atom is 0.407 e. The summed E-state index contributed by atoms with van der Waals surface area (Å²) < 4.78 is 18.3. The quantitative estimate of drug-likeness (QED) is 0.612. The Morgan fingerprint density at radius 1 is 1.06 bits per heavy atom. The normalized spacial score (nSPS) is 15.6. The van der Waals surface area contributed by atoms with E-state index < -0.39 is 17.8 Å². The minimum absolute atomic E-state index is 0.0661. The highest BCUT2D eigenvalue weighted by molar-refractivity contribution is 5.76. The second-order valence-electron chi connectivity index (χ2n) is 9.89. The molecule has 1 unspecified atom stereocenters. The average molecular weight is 471 g/mol. The number of piperidine rings is 1. The van der Waals surface area contributed by atoms with Crippen LogP contribution in [0.15, 0.2) is 48.5 Å². The standard InChI is InChI=1S/C27H35FN2O4/c1-27(2,3)34-26(33)29-18-20-6-4-19(5-7-20)8-13-24(31)30-16-14-22(15-17-30)25(32)21-9-11-23(28)12-10-21/h4-7,9-12,22,25,32H,8,13-18H2,1-3H3,(H,29,33). The molecule has 2 N–H and O–H groups in total. The molecule has 0 bridgehead atoms. The maximum atomic E-state index is 13.1. The monoisotopic (exact) mass is 470 g/mol. The van der Waals surface area contributed by atoms with E-state index in [0.29, 0.717) is 32.5 Å². The van der Waals surface area contributed by atoms with Crippen molar-refractivity contribution in [2.24, 2.45) is 5.92 Å². The first-order valence-electron chi connectivity index (χ1n) is 11.9. The van der Waals surface area contributed by atoms with Crippen molar-refractivity contribution in [2.75, 3.05) is 13.1 Å². The van der Waals surface area contributed by atoms with Crippen molar-refractivity contribution in [1.29, 1.82) is 0 Å². The largest absolute Gasteiger partial charge is 0.444 e. The third kappa shape index (κ3) is 7.83. The first-order valence-corrected chi connectivity index (χ1v) is 11.9. The number of aliphatic hydroxyl groups excluding tert-OH is 1. The van der Waals surface area contributed by atoms with Gasteiger partial charge in [-0.3, -0.25) is 4.79 Å². The molecule has 1 atom stereocenters. The van der Waals surface area contributed by atoms with Gasteiger partial charge in [-0.15, -0.1) is 0 Å². The summed E-state index contributed by atoms with van der Waals surface area (Å²) in [6.45, 7) is 7.09. The zero-order valence-corrected chi connectivity index (χ0v) is 20.2. The highest BCUT2D eigenvalue weighted by Gasteiger charge is 2.28. The van der Waals surface area contributed by atoms with Crippen molar-refractivity contribution < 1.29 is 23.8 Å². The summed E-state index contributed by atoms with van der Waals surface area (Å²) in [6, 6.07) is 13.8. The highest BCUT2D eigenvalue weighted by Crippen LogP contribution is 2.31. The van der Waals surface area contributed by atoms with E-state index in [-0.39, 0.29) is 17.6 Å². The lowest BCUT2D eigenvalue weighted by molar-refractivity contribution is -0.133. The maximum absolute atomic E-state index is 13.1. The number of nitrogens with zero attached hydrogens (tertiary/aromatic N) is 1. The van der Waals surface area contributed by atoms with Crippen molar-refractivity contribution in [1.82, 2.24) is 10.2 Å². The second-order valence-corrected chi connectivity index (χ2v) is 9.89. The van der Waals surface area contributed by atoms with Crippen LogP contribution in [0.1, 0.15) is 62.8 Å². The van der Waals surface area contributed by atoms with Crippen LogP contribution in [0.5, 0.6) is 0 Å². The topological polar surface area (TPSA) is 78.9 Å². The molecule has 2 amide bonds. The lowest BCUT2D eigenvalue weighted by atomic mass is 9.87. The van der Waals surface area contributed by atoms with Crippen LogP contribution in [0.25, 0.3) is 0 Å². The van der Waals surface area contributed by atoms with Gasteiger partial charge in [0.15, 0.2) is 0 Å². The Labute approximate surface area is 201 Å². The Morgan fingerprint density at radius 2 is 1.65 bits per heavy atom. The van der Waals surface area contributed by atoms with Crippen LogP contribution in [0.2, 0.25) is 0 Å². The Balaban J connectivity index is 1.39. The van der Waals surface area contributed by atoms with Crippen LogP contribution in [0, 0.1) is 11.7 Å². The van der Waals surface area contributed by atoms with Crippen molar-refractivity contribution in [3.05, 3.63) is 71.0 Å². The van der Waals surface area contributed by atoms with E-state index in [1.165, 1.54) is 12.1 Å². The average Bonchev–Trinajstić information content (AvgIpc) is 2.81. The molecule has 7 heteroatoms. The lowest BCUT2D eigenvalue weighted by Gasteiger charge is -2.34. The summed E-state index contributed by atoms with van der Waals surface area (Å²) in [7, 11) is 0. The number of aliphatic hydroxyl groups is 1. The summed E-state index contributed by atoms with van der Waals surface area (Å²) in [5.74, 6) is -0.134. The molecule has 0 spiro atoms. The first-order chi connectivity index (χ1) is 16.1. The third-order valence-corrected chi connectivity index (χ3v) is 6.04. The molecule has 6 nitrogen and oxygen atoms in total. The molecule has 0 aliphatic carbocycles.